The first-order valence-electron chi connectivity index (χ1n) is 10.7. The molecule has 33 heavy (non-hydrogen) atoms. The summed E-state index contributed by atoms with van der Waals surface area (Å²) in [5, 5.41) is 5.92. The summed E-state index contributed by atoms with van der Waals surface area (Å²) in [6, 6.07) is 16.1. The van der Waals surface area contributed by atoms with E-state index < -0.39 is 10.0 Å². The van der Waals surface area contributed by atoms with E-state index in [9.17, 15) is 13.2 Å². The van der Waals surface area contributed by atoms with Crippen molar-refractivity contribution in [1.82, 2.24) is 9.47 Å². The van der Waals surface area contributed by atoms with Crippen molar-refractivity contribution in [2.75, 3.05) is 37.6 Å². The second-order valence-corrected chi connectivity index (χ2v) is 10.3. The molecule has 2 aromatic carbocycles. The molecule has 7 nitrogen and oxygen atoms in total. The molecule has 0 unspecified atom stereocenters. The van der Waals surface area contributed by atoms with Gasteiger partial charge in [-0.25, -0.2) is 13.6 Å². The Balaban J connectivity index is 1.44. The van der Waals surface area contributed by atoms with Crippen LogP contribution in [-0.4, -0.2) is 56.4 Å². The van der Waals surface area contributed by atoms with Gasteiger partial charge in [0.1, 0.15) is 0 Å². The first-order chi connectivity index (χ1) is 15.6. The van der Waals surface area contributed by atoms with Crippen molar-refractivity contribution < 1.29 is 13.2 Å². The number of hydrogen-bond donors (Lipinski definition) is 1. The standard InChI is InChI=1S/C24H27ClN4O3S/c1-17-14-23(18(2)29(17)20-6-8-22(9-7-20)33(26,31)32)24(30)16-27-10-12-28(13-11-27)21-5-3-4-19(25)15-21/h3-9,14-15H,10-13,16H2,1-2H3,(H2,26,31,32). The molecule has 2 N–H and O–H groups in total. The maximum atomic E-state index is 13.1. The van der Waals surface area contributed by atoms with Gasteiger partial charge in [-0.05, 0) is 62.4 Å². The van der Waals surface area contributed by atoms with Gasteiger partial charge < -0.3 is 9.47 Å². The van der Waals surface area contributed by atoms with E-state index in [1.165, 1.54) is 12.1 Å². The molecule has 0 saturated carbocycles. The zero-order valence-corrected chi connectivity index (χ0v) is 20.2. The zero-order chi connectivity index (χ0) is 23.8. The first-order valence-corrected chi connectivity index (χ1v) is 12.6. The highest BCUT2D eigenvalue weighted by Crippen LogP contribution is 2.24. The summed E-state index contributed by atoms with van der Waals surface area (Å²) in [5.74, 6) is 0.0757. The minimum absolute atomic E-state index is 0.0573. The number of primary sulfonamides is 1. The number of nitrogens with zero attached hydrogens (tertiary/aromatic N) is 3. The van der Waals surface area contributed by atoms with E-state index in [0.29, 0.717) is 12.1 Å². The smallest absolute Gasteiger partial charge is 0.238 e. The van der Waals surface area contributed by atoms with Gasteiger partial charge in [0.25, 0.3) is 0 Å². The lowest BCUT2D eigenvalue weighted by Gasteiger charge is -2.35. The van der Waals surface area contributed by atoms with Gasteiger partial charge in [0.05, 0.1) is 11.4 Å². The summed E-state index contributed by atoms with van der Waals surface area (Å²) in [7, 11) is -3.75. The summed E-state index contributed by atoms with van der Waals surface area (Å²) in [5.41, 5.74) is 4.31. The summed E-state index contributed by atoms with van der Waals surface area (Å²) in [6.07, 6.45) is 0. The molecule has 0 radical (unpaired) electrons. The molecule has 0 atom stereocenters. The fourth-order valence-electron chi connectivity index (χ4n) is 4.35. The number of aryl methyl sites for hydroxylation is 1. The molecule has 1 aliphatic rings. The predicted octanol–water partition coefficient (Wildman–Crippen LogP) is 3.40. The highest BCUT2D eigenvalue weighted by atomic mass is 35.5. The van der Waals surface area contributed by atoms with Crippen molar-refractivity contribution in [3.63, 3.8) is 0 Å². The number of anilines is 1. The predicted molar refractivity (Wildman–Crippen MR) is 131 cm³/mol. The average Bonchev–Trinajstić information content (AvgIpc) is 3.08. The van der Waals surface area contributed by atoms with Crippen molar-refractivity contribution in [1.29, 1.82) is 0 Å². The Morgan fingerprint density at radius 1 is 0.970 bits per heavy atom. The first kappa shape index (κ1) is 23.5. The van der Waals surface area contributed by atoms with E-state index in [2.05, 4.69) is 15.9 Å². The van der Waals surface area contributed by atoms with Crippen molar-refractivity contribution in [2.24, 2.45) is 5.14 Å². The third-order valence-corrected chi connectivity index (χ3v) is 7.23. The monoisotopic (exact) mass is 486 g/mol. The molecule has 0 bridgehead atoms. The summed E-state index contributed by atoms with van der Waals surface area (Å²) in [4.78, 5) is 17.6. The van der Waals surface area contributed by atoms with Crippen LogP contribution in [0.3, 0.4) is 0 Å². The van der Waals surface area contributed by atoms with E-state index in [1.54, 1.807) is 12.1 Å². The van der Waals surface area contributed by atoms with Crippen LogP contribution < -0.4 is 10.0 Å². The van der Waals surface area contributed by atoms with Gasteiger partial charge in [-0.1, -0.05) is 17.7 Å². The van der Waals surface area contributed by atoms with Crippen molar-refractivity contribution in [3.05, 3.63) is 76.6 Å². The van der Waals surface area contributed by atoms with Gasteiger partial charge in [-0.15, -0.1) is 0 Å². The number of rotatable bonds is 6. The Labute approximate surface area is 199 Å². The minimum atomic E-state index is -3.75. The fourth-order valence-corrected chi connectivity index (χ4v) is 5.05. The fraction of sp³-hybridized carbons (Fsp3) is 0.292. The van der Waals surface area contributed by atoms with E-state index in [4.69, 9.17) is 16.7 Å². The van der Waals surface area contributed by atoms with Crippen LogP contribution in [0.15, 0.2) is 59.5 Å². The number of Topliss-reactive ketones (excluding diaryl/α,β-unsaturated/α-hetero) is 1. The molecule has 0 aliphatic carbocycles. The summed E-state index contributed by atoms with van der Waals surface area (Å²) >= 11 is 6.11. The van der Waals surface area contributed by atoms with Crippen molar-refractivity contribution in [3.8, 4) is 5.69 Å². The average molecular weight is 487 g/mol. The quantitative estimate of drug-likeness (QED) is 0.539. The van der Waals surface area contributed by atoms with Gasteiger partial charge in [0, 0.05) is 59.5 Å². The maximum Gasteiger partial charge on any atom is 0.238 e. The normalized spacial score (nSPS) is 15.1. The highest BCUT2D eigenvalue weighted by Gasteiger charge is 2.23. The molecule has 3 aromatic rings. The molecular formula is C24H27ClN4O3S. The molecule has 174 valence electrons. The SMILES string of the molecule is Cc1cc(C(=O)CN2CCN(c3cccc(Cl)c3)CC2)c(C)n1-c1ccc(S(N)(=O)=O)cc1. The lowest BCUT2D eigenvalue weighted by molar-refractivity contribution is 0.0926. The van der Waals surface area contributed by atoms with Crippen LogP contribution in [0.5, 0.6) is 0 Å². The Hall–Kier alpha value is -2.65. The second-order valence-electron chi connectivity index (χ2n) is 8.33. The summed E-state index contributed by atoms with van der Waals surface area (Å²) < 4.78 is 25.0. The Morgan fingerprint density at radius 2 is 1.64 bits per heavy atom. The van der Waals surface area contributed by atoms with Crippen LogP contribution in [-0.2, 0) is 10.0 Å². The van der Waals surface area contributed by atoms with Crippen molar-refractivity contribution in [2.45, 2.75) is 18.7 Å². The third-order valence-electron chi connectivity index (χ3n) is 6.07. The zero-order valence-electron chi connectivity index (χ0n) is 18.7. The third kappa shape index (κ3) is 5.14. The molecule has 4 rings (SSSR count). The van der Waals surface area contributed by atoms with Gasteiger partial charge in [0.2, 0.25) is 10.0 Å². The largest absolute Gasteiger partial charge is 0.369 e. The van der Waals surface area contributed by atoms with Gasteiger partial charge in [0.15, 0.2) is 5.78 Å². The second kappa shape index (κ2) is 9.30. The number of hydrogen-bond acceptors (Lipinski definition) is 5. The number of halogens is 1. The number of carbonyl (C=O) groups excluding carboxylic acids is 1. The molecule has 0 amide bonds. The number of ketones is 1. The van der Waals surface area contributed by atoms with Crippen LogP contribution >= 0.6 is 11.6 Å². The van der Waals surface area contributed by atoms with Gasteiger partial charge in [-0.2, -0.15) is 0 Å². The van der Waals surface area contributed by atoms with Crippen LogP contribution in [0.2, 0.25) is 5.02 Å². The Bertz CT molecular complexity index is 1280. The number of sulfonamides is 1. The van der Waals surface area contributed by atoms with Crippen LogP contribution in [0.25, 0.3) is 5.69 Å². The van der Waals surface area contributed by atoms with Gasteiger partial charge >= 0.3 is 0 Å². The minimum Gasteiger partial charge on any atom is -0.369 e. The molecule has 0 spiro atoms. The Kier molecular flexibility index (Phi) is 6.63. The van der Waals surface area contributed by atoms with E-state index >= 15 is 0 Å². The summed E-state index contributed by atoms with van der Waals surface area (Å²) in [6.45, 7) is 7.47. The molecule has 1 aromatic heterocycles. The molecular weight excluding hydrogens is 460 g/mol. The van der Waals surface area contributed by atoms with E-state index in [1.807, 2.05) is 42.7 Å². The molecule has 9 heteroatoms. The molecule has 1 aliphatic heterocycles. The number of piperazine rings is 1. The highest BCUT2D eigenvalue weighted by molar-refractivity contribution is 7.89. The molecule has 2 heterocycles. The van der Waals surface area contributed by atoms with Crippen molar-refractivity contribution >= 4 is 33.1 Å². The van der Waals surface area contributed by atoms with E-state index in [0.717, 1.165) is 54.0 Å². The number of benzene rings is 2. The molecule has 1 fully saturated rings. The van der Waals surface area contributed by atoms with Crippen LogP contribution in [0.1, 0.15) is 21.7 Å². The van der Waals surface area contributed by atoms with Gasteiger partial charge in [-0.3, -0.25) is 9.69 Å². The van der Waals surface area contributed by atoms with Crippen LogP contribution in [0, 0.1) is 13.8 Å². The van der Waals surface area contributed by atoms with E-state index in [-0.39, 0.29) is 10.7 Å². The van der Waals surface area contributed by atoms with Crippen LogP contribution in [0.4, 0.5) is 5.69 Å². The number of aromatic nitrogens is 1. The number of nitrogens with two attached hydrogens (primary N) is 1. The topological polar surface area (TPSA) is 88.6 Å². The number of carbonyl (C=O) groups is 1. The molecule has 1 saturated heterocycles. The Morgan fingerprint density at radius 3 is 2.24 bits per heavy atom. The maximum absolute atomic E-state index is 13.1. The lowest BCUT2D eigenvalue weighted by Crippen LogP contribution is -2.48. The lowest BCUT2D eigenvalue weighted by atomic mass is 10.1.